The third kappa shape index (κ3) is 6.06. The Morgan fingerprint density at radius 3 is 1.90 bits per heavy atom. The largest absolute Gasteiger partial charge is 0.508 e. The number of aromatic hydroxyl groups is 2. The number of hydrogen-bond donors (Lipinski definition) is 3. The fourth-order valence-corrected chi connectivity index (χ4v) is 3.43. The number of rotatable bonds is 11. The molecular formula is C23H30N4O3. The van der Waals surface area contributed by atoms with Crippen LogP contribution in [0.4, 0.5) is 0 Å². The second kappa shape index (κ2) is 10.8. The van der Waals surface area contributed by atoms with Crippen LogP contribution in [0.5, 0.6) is 11.5 Å². The van der Waals surface area contributed by atoms with Crippen molar-refractivity contribution in [2.45, 2.75) is 19.6 Å². The molecule has 0 unspecified atom stereocenters. The molecule has 0 bridgehead atoms. The molecule has 3 N–H and O–H groups in total. The smallest absolute Gasteiger partial charge is 0.122 e. The topological polar surface area (TPSA) is 85.0 Å². The van der Waals surface area contributed by atoms with E-state index in [4.69, 9.17) is 0 Å². The molecule has 0 radical (unpaired) electrons. The van der Waals surface area contributed by atoms with Gasteiger partial charge in [-0.3, -0.25) is 9.80 Å². The molecule has 0 saturated carbocycles. The Balaban J connectivity index is 1.70. The van der Waals surface area contributed by atoms with Gasteiger partial charge in [-0.2, -0.15) is 0 Å². The highest BCUT2D eigenvalue weighted by atomic mass is 16.3. The number of aliphatic hydroxyl groups excluding tert-OH is 1. The van der Waals surface area contributed by atoms with Crippen molar-refractivity contribution in [2.75, 3.05) is 26.2 Å². The molecule has 160 valence electrons. The zero-order valence-electron chi connectivity index (χ0n) is 17.4. The molecule has 3 aromatic rings. The summed E-state index contributed by atoms with van der Waals surface area (Å²) >= 11 is 0. The first kappa shape index (κ1) is 21.8. The summed E-state index contributed by atoms with van der Waals surface area (Å²) in [5, 5.41) is 29.8. The Morgan fingerprint density at radius 1 is 0.800 bits per heavy atom. The van der Waals surface area contributed by atoms with Crippen molar-refractivity contribution in [3.63, 3.8) is 0 Å². The van der Waals surface area contributed by atoms with Gasteiger partial charge < -0.3 is 19.9 Å². The average molecular weight is 411 g/mol. The van der Waals surface area contributed by atoms with Crippen molar-refractivity contribution in [3.05, 3.63) is 77.9 Å². The number of imidazole rings is 1. The molecule has 0 fully saturated rings. The van der Waals surface area contributed by atoms with E-state index in [0.29, 0.717) is 32.7 Å². The van der Waals surface area contributed by atoms with Crippen LogP contribution >= 0.6 is 0 Å². The van der Waals surface area contributed by atoms with Crippen molar-refractivity contribution in [3.8, 4) is 11.5 Å². The average Bonchev–Trinajstić information content (AvgIpc) is 3.14. The fourth-order valence-electron chi connectivity index (χ4n) is 3.43. The molecule has 2 aromatic carbocycles. The molecule has 7 heteroatoms. The molecule has 3 rings (SSSR count). The van der Waals surface area contributed by atoms with Gasteiger partial charge >= 0.3 is 0 Å². The molecule has 0 aliphatic rings. The van der Waals surface area contributed by atoms with Crippen LogP contribution in [0, 0.1) is 0 Å². The summed E-state index contributed by atoms with van der Waals surface area (Å²) in [4.78, 5) is 8.78. The van der Waals surface area contributed by atoms with Gasteiger partial charge in [-0.1, -0.05) is 36.4 Å². The highest BCUT2D eigenvalue weighted by Gasteiger charge is 2.15. The minimum Gasteiger partial charge on any atom is -0.508 e. The van der Waals surface area contributed by atoms with Crippen LogP contribution in [0.2, 0.25) is 0 Å². The number of benzene rings is 2. The summed E-state index contributed by atoms with van der Waals surface area (Å²) in [5.74, 6) is 1.49. The number of aliphatic hydroxyl groups is 1. The van der Waals surface area contributed by atoms with Crippen molar-refractivity contribution in [2.24, 2.45) is 7.05 Å². The van der Waals surface area contributed by atoms with Crippen molar-refractivity contribution >= 4 is 0 Å². The Hall–Kier alpha value is -2.87. The maximum absolute atomic E-state index is 10.2. The summed E-state index contributed by atoms with van der Waals surface area (Å²) in [6, 6.07) is 14.6. The molecule has 1 aromatic heterocycles. The second-order valence-electron chi connectivity index (χ2n) is 7.42. The number of aryl methyl sites for hydroxylation is 1. The zero-order chi connectivity index (χ0) is 21.3. The summed E-state index contributed by atoms with van der Waals surface area (Å²) < 4.78 is 1.99. The number of phenols is 2. The number of aromatic nitrogens is 2. The van der Waals surface area contributed by atoms with E-state index < -0.39 is 0 Å². The van der Waals surface area contributed by atoms with E-state index in [2.05, 4.69) is 14.8 Å². The summed E-state index contributed by atoms with van der Waals surface area (Å²) in [6.45, 7) is 3.76. The van der Waals surface area contributed by atoms with Crippen LogP contribution in [0.1, 0.15) is 17.0 Å². The van der Waals surface area contributed by atoms with E-state index >= 15 is 0 Å². The second-order valence-corrected chi connectivity index (χ2v) is 7.42. The number of nitrogens with zero attached hydrogens (tertiary/aromatic N) is 4. The van der Waals surface area contributed by atoms with E-state index in [1.807, 2.05) is 48.1 Å². The molecular weight excluding hydrogens is 380 g/mol. The molecule has 7 nitrogen and oxygen atoms in total. The lowest BCUT2D eigenvalue weighted by Gasteiger charge is -2.27. The van der Waals surface area contributed by atoms with Crippen LogP contribution in [0.15, 0.2) is 60.9 Å². The van der Waals surface area contributed by atoms with E-state index in [-0.39, 0.29) is 18.1 Å². The van der Waals surface area contributed by atoms with E-state index in [1.54, 1.807) is 24.4 Å². The maximum atomic E-state index is 10.2. The van der Waals surface area contributed by atoms with Crippen LogP contribution in [0.25, 0.3) is 0 Å². The van der Waals surface area contributed by atoms with Crippen LogP contribution < -0.4 is 0 Å². The lowest BCUT2D eigenvalue weighted by Crippen LogP contribution is -2.36. The first-order chi connectivity index (χ1) is 14.6. The quantitative estimate of drug-likeness (QED) is 0.450. The molecule has 0 atom stereocenters. The first-order valence-corrected chi connectivity index (χ1v) is 10.1. The minimum atomic E-state index is 0.0481. The fraction of sp³-hybridized carbons (Fsp3) is 0.348. The lowest BCUT2D eigenvalue weighted by atomic mass is 10.1. The van der Waals surface area contributed by atoms with Gasteiger partial charge in [0, 0.05) is 63.3 Å². The SMILES string of the molecule is Cn1ccnc1CN(CCN(CCO)Cc1ccccc1O)Cc1ccccc1O. The predicted molar refractivity (Wildman–Crippen MR) is 116 cm³/mol. The Morgan fingerprint density at radius 2 is 1.37 bits per heavy atom. The van der Waals surface area contributed by atoms with Gasteiger partial charge in [-0.15, -0.1) is 0 Å². The molecule has 30 heavy (non-hydrogen) atoms. The minimum absolute atomic E-state index is 0.0481. The zero-order valence-corrected chi connectivity index (χ0v) is 17.4. The summed E-state index contributed by atoms with van der Waals surface area (Å²) in [5.41, 5.74) is 1.70. The summed E-state index contributed by atoms with van der Waals surface area (Å²) in [7, 11) is 1.97. The third-order valence-corrected chi connectivity index (χ3v) is 5.21. The standard InChI is InChI=1S/C23H30N4O3/c1-25-11-10-24-23(25)18-27(17-20-7-3-5-9-22(20)30)13-12-26(14-15-28)16-19-6-2-4-8-21(19)29/h2-11,28-30H,12-18H2,1H3. The van der Waals surface area contributed by atoms with Crippen molar-refractivity contribution in [1.82, 2.24) is 19.4 Å². The number of phenolic OH excluding ortho intramolecular Hbond substituents is 2. The Kier molecular flexibility index (Phi) is 7.84. The van der Waals surface area contributed by atoms with Gasteiger partial charge in [0.15, 0.2) is 0 Å². The van der Waals surface area contributed by atoms with Crippen LogP contribution in [-0.4, -0.2) is 60.9 Å². The number of para-hydroxylation sites is 2. The maximum Gasteiger partial charge on any atom is 0.122 e. The molecule has 0 saturated heterocycles. The highest BCUT2D eigenvalue weighted by Crippen LogP contribution is 2.20. The molecule has 0 aliphatic heterocycles. The Labute approximate surface area is 177 Å². The molecule has 0 amide bonds. The van der Waals surface area contributed by atoms with Gasteiger partial charge in [0.1, 0.15) is 17.3 Å². The monoisotopic (exact) mass is 410 g/mol. The normalized spacial score (nSPS) is 11.5. The van der Waals surface area contributed by atoms with Crippen LogP contribution in [0.3, 0.4) is 0 Å². The molecule has 0 spiro atoms. The third-order valence-electron chi connectivity index (χ3n) is 5.21. The van der Waals surface area contributed by atoms with Crippen molar-refractivity contribution < 1.29 is 15.3 Å². The van der Waals surface area contributed by atoms with Gasteiger partial charge in [-0.25, -0.2) is 4.98 Å². The first-order valence-electron chi connectivity index (χ1n) is 10.1. The van der Waals surface area contributed by atoms with Crippen LogP contribution in [-0.2, 0) is 26.7 Å². The lowest BCUT2D eigenvalue weighted by molar-refractivity contribution is 0.154. The predicted octanol–water partition coefficient (Wildman–Crippen LogP) is 2.33. The van der Waals surface area contributed by atoms with Crippen molar-refractivity contribution in [1.29, 1.82) is 0 Å². The van der Waals surface area contributed by atoms with Gasteiger partial charge in [0.2, 0.25) is 0 Å². The van der Waals surface area contributed by atoms with Gasteiger partial charge in [0.25, 0.3) is 0 Å². The molecule has 1 heterocycles. The summed E-state index contributed by atoms with van der Waals surface area (Å²) in [6.07, 6.45) is 3.70. The Bertz CT molecular complexity index is 928. The van der Waals surface area contributed by atoms with E-state index in [0.717, 1.165) is 23.5 Å². The highest BCUT2D eigenvalue weighted by molar-refractivity contribution is 5.32. The van der Waals surface area contributed by atoms with E-state index in [1.165, 1.54) is 0 Å². The molecule has 0 aliphatic carbocycles. The number of hydrogen-bond acceptors (Lipinski definition) is 6. The van der Waals surface area contributed by atoms with Gasteiger partial charge in [0.05, 0.1) is 13.2 Å². The van der Waals surface area contributed by atoms with Gasteiger partial charge in [-0.05, 0) is 12.1 Å². The van der Waals surface area contributed by atoms with E-state index in [9.17, 15) is 15.3 Å².